The van der Waals surface area contributed by atoms with E-state index in [9.17, 15) is 13.2 Å². The molecule has 1 aliphatic heterocycles. The number of carbonyl (C=O) groups excluding carboxylic acids is 1. The average molecular weight is 336 g/mol. The fourth-order valence-corrected chi connectivity index (χ4v) is 4.03. The van der Waals surface area contributed by atoms with Crippen LogP contribution in [-0.2, 0) is 21.2 Å². The van der Waals surface area contributed by atoms with E-state index in [0.717, 1.165) is 18.4 Å². The number of benzene rings is 1. The van der Waals surface area contributed by atoms with Crippen LogP contribution in [0.3, 0.4) is 0 Å². The van der Waals surface area contributed by atoms with Crippen LogP contribution in [0.25, 0.3) is 0 Å². The summed E-state index contributed by atoms with van der Waals surface area (Å²) in [6.45, 7) is 0.256. The Balaban J connectivity index is 1.32. The lowest BCUT2D eigenvalue weighted by molar-refractivity contribution is 0.125. The minimum absolute atomic E-state index is 0.0813. The molecule has 1 heterocycles. The number of alkyl carbamates (subject to hydrolysis) is 1. The molecule has 0 aromatic heterocycles. The number of ether oxygens (including phenoxy) is 1. The van der Waals surface area contributed by atoms with E-state index < -0.39 is 15.9 Å². The van der Waals surface area contributed by atoms with E-state index in [1.165, 1.54) is 5.41 Å². The molecule has 0 radical (unpaired) electrons. The van der Waals surface area contributed by atoms with Crippen molar-refractivity contribution in [3.8, 4) is 0 Å². The van der Waals surface area contributed by atoms with Crippen molar-refractivity contribution in [1.82, 2.24) is 10.6 Å². The Morgan fingerprint density at radius 1 is 1.17 bits per heavy atom. The van der Waals surface area contributed by atoms with E-state index >= 15 is 0 Å². The molecule has 1 saturated carbocycles. The Labute approximate surface area is 135 Å². The van der Waals surface area contributed by atoms with Gasteiger partial charge in [0.2, 0.25) is 0 Å². The molecule has 0 saturated heterocycles. The molecule has 124 valence electrons. The van der Waals surface area contributed by atoms with E-state index in [1.54, 1.807) is 6.08 Å². The normalized spacial score (nSPS) is 28.1. The van der Waals surface area contributed by atoms with Crippen molar-refractivity contribution in [3.63, 3.8) is 0 Å². The summed E-state index contributed by atoms with van der Waals surface area (Å²) in [5.41, 5.74) is 0.949. The van der Waals surface area contributed by atoms with E-state index in [-0.39, 0.29) is 30.5 Å². The maximum atomic E-state index is 11.7. The van der Waals surface area contributed by atoms with Gasteiger partial charge >= 0.3 is 6.09 Å². The monoisotopic (exact) mass is 336 g/mol. The van der Waals surface area contributed by atoms with Crippen molar-refractivity contribution in [2.45, 2.75) is 37.6 Å². The molecule has 1 fully saturated rings. The van der Waals surface area contributed by atoms with Gasteiger partial charge < -0.3 is 15.4 Å². The predicted octanol–water partition coefficient (Wildman–Crippen LogP) is 1.34. The van der Waals surface area contributed by atoms with E-state index in [0.29, 0.717) is 0 Å². The van der Waals surface area contributed by atoms with Gasteiger partial charge in [-0.1, -0.05) is 36.4 Å². The first kappa shape index (κ1) is 16.0. The van der Waals surface area contributed by atoms with Crippen LogP contribution in [-0.4, -0.2) is 38.4 Å². The first-order valence-electron chi connectivity index (χ1n) is 7.64. The zero-order chi connectivity index (χ0) is 16.3. The zero-order valence-electron chi connectivity index (χ0n) is 12.6. The zero-order valence-corrected chi connectivity index (χ0v) is 13.5. The van der Waals surface area contributed by atoms with Gasteiger partial charge in [0.15, 0.2) is 9.84 Å². The molecule has 2 N–H and O–H groups in total. The third-order valence-electron chi connectivity index (χ3n) is 4.05. The summed E-state index contributed by atoms with van der Waals surface area (Å²) in [6.07, 6.45) is 2.83. The van der Waals surface area contributed by atoms with E-state index in [4.69, 9.17) is 4.74 Å². The molecule has 2 aliphatic rings. The fourth-order valence-electron chi connectivity index (χ4n) is 2.79. The van der Waals surface area contributed by atoms with Crippen LogP contribution < -0.4 is 10.6 Å². The molecule has 0 bridgehead atoms. The van der Waals surface area contributed by atoms with Crippen LogP contribution in [0, 0.1) is 0 Å². The molecule has 0 spiro atoms. The highest BCUT2D eigenvalue weighted by atomic mass is 32.2. The van der Waals surface area contributed by atoms with Gasteiger partial charge in [0, 0.05) is 23.5 Å². The van der Waals surface area contributed by atoms with Crippen molar-refractivity contribution >= 4 is 15.9 Å². The van der Waals surface area contributed by atoms with Crippen LogP contribution in [0.4, 0.5) is 4.79 Å². The van der Waals surface area contributed by atoms with Gasteiger partial charge in [-0.05, 0) is 18.4 Å². The molecular formula is C16H20N2O4S. The number of hydrogen-bond acceptors (Lipinski definition) is 5. The SMILES string of the molecule is O=C(NC1CC(NC2C=CS(=O)(=O)C2)C1)OCc1ccccc1. The highest BCUT2D eigenvalue weighted by molar-refractivity contribution is 7.94. The highest BCUT2D eigenvalue weighted by Gasteiger charge is 2.33. The number of hydrogen-bond donors (Lipinski definition) is 2. The molecule has 1 aromatic rings. The lowest BCUT2D eigenvalue weighted by Crippen LogP contribution is -2.54. The van der Waals surface area contributed by atoms with Crippen molar-refractivity contribution < 1.29 is 17.9 Å². The first-order valence-corrected chi connectivity index (χ1v) is 9.36. The summed E-state index contributed by atoms with van der Waals surface area (Å²) in [5, 5.41) is 7.36. The molecule has 7 heteroatoms. The number of amides is 1. The molecular weight excluding hydrogens is 316 g/mol. The summed E-state index contributed by atoms with van der Waals surface area (Å²) in [5.74, 6) is 0.126. The Kier molecular flexibility index (Phi) is 4.68. The maximum Gasteiger partial charge on any atom is 0.407 e. The Morgan fingerprint density at radius 3 is 2.57 bits per heavy atom. The van der Waals surface area contributed by atoms with Crippen molar-refractivity contribution in [1.29, 1.82) is 0 Å². The lowest BCUT2D eigenvalue weighted by atomic mass is 9.86. The molecule has 1 atom stereocenters. The third kappa shape index (κ3) is 4.56. The maximum absolute atomic E-state index is 11.7. The van der Waals surface area contributed by atoms with E-state index in [2.05, 4.69) is 10.6 Å². The van der Waals surface area contributed by atoms with Gasteiger partial charge in [0.25, 0.3) is 0 Å². The van der Waals surface area contributed by atoms with Crippen LogP contribution in [0.15, 0.2) is 41.8 Å². The molecule has 1 aromatic carbocycles. The van der Waals surface area contributed by atoms with Gasteiger partial charge in [-0.2, -0.15) is 0 Å². The number of rotatable bonds is 5. The molecule has 6 nitrogen and oxygen atoms in total. The third-order valence-corrected chi connectivity index (χ3v) is 5.45. The standard InChI is InChI=1S/C16H20N2O4S/c19-16(22-10-12-4-2-1-3-5-12)18-15-8-14(9-15)17-13-6-7-23(20,21)11-13/h1-7,13-15,17H,8-11H2,(H,18,19). The summed E-state index contributed by atoms with van der Waals surface area (Å²) in [6, 6.07) is 9.72. The molecule has 1 unspecified atom stereocenters. The lowest BCUT2D eigenvalue weighted by Gasteiger charge is -2.37. The average Bonchev–Trinajstić information content (AvgIpc) is 2.83. The second-order valence-corrected chi connectivity index (χ2v) is 7.93. The molecule has 1 aliphatic carbocycles. The quantitative estimate of drug-likeness (QED) is 0.848. The summed E-state index contributed by atoms with van der Waals surface area (Å²) in [4.78, 5) is 11.7. The summed E-state index contributed by atoms with van der Waals surface area (Å²) < 4.78 is 27.8. The van der Waals surface area contributed by atoms with Crippen molar-refractivity contribution in [3.05, 3.63) is 47.4 Å². The predicted molar refractivity (Wildman–Crippen MR) is 86.4 cm³/mol. The number of nitrogens with one attached hydrogen (secondary N) is 2. The molecule has 1 amide bonds. The Morgan fingerprint density at radius 2 is 1.91 bits per heavy atom. The topological polar surface area (TPSA) is 84.5 Å². The second-order valence-electron chi connectivity index (χ2n) is 6.00. The molecule has 23 heavy (non-hydrogen) atoms. The van der Waals surface area contributed by atoms with Gasteiger partial charge in [-0.25, -0.2) is 13.2 Å². The second kappa shape index (κ2) is 6.72. The number of carbonyl (C=O) groups is 1. The Hall–Kier alpha value is -1.86. The van der Waals surface area contributed by atoms with Gasteiger partial charge in [-0.3, -0.25) is 0 Å². The minimum Gasteiger partial charge on any atom is -0.445 e. The minimum atomic E-state index is -3.02. The van der Waals surface area contributed by atoms with Crippen LogP contribution in [0.5, 0.6) is 0 Å². The van der Waals surface area contributed by atoms with Crippen LogP contribution in [0.2, 0.25) is 0 Å². The molecule has 3 rings (SSSR count). The Bertz CT molecular complexity index is 681. The van der Waals surface area contributed by atoms with Crippen LogP contribution in [0.1, 0.15) is 18.4 Å². The fraction of sp³-hybridized carbons (Fsp3) is 0.438. The van der Waals surface area contributed by atoms with Gasteiger partial charge in [-0.15, -0.1) is 0 Å². The number of sulfone groups is 1. The smallest absolute Gasteiger partial charge is 0.407 e. The largest absolute Gasteiger partial charge is 0.445 e. The van der Waals surface area contributed by atoms with Crippen molar-refractivity contribution in [2.24, 2.45) is 0 Å². The summed E-state index contributed by atoms with van der Waals surface area (Å²) in [7, 11) is -3.02. The van der Waals surface area contributed by atoms with Crippen molar-refractivity contribution in [2.75, 3.05) is 5.75 Å². The summed E-state index contributed by atoms with van der Waals surface area (Å²) >= 11 is 0. The van der Waals surface area contributed by atoms with E-state index in [1.807, 2.05) is 30.3 Å². The first-order chi connectivity index (χ1) is 11.0. The van der Waals surface area contributed by atoms with Gasteiger partial charge in [0.05, 0.1) is 5.75 Å². The van der Waals surface area contributed by atoms with Crippen LogP contribution >= 0.6 is 0 Å². The van der Waals surface area contributed by atoms with Gasteiger partial charge in [0.1, 0.15) is 6.61 Å². The highest BCUT2D eigenvalue weighted by Crippen LogP contribution is 2.22.